The fourth-order valence-corrected chi connectivity index (χ4v) is 1.91. The topological polar surface area (TPSA) is 75.6 Å². The van der Waals surface area contributed by atoms with Gasteiger partial charge in [0.1, 0.15) is 19.4 Å². The van der Waals surface area contributed by atoms with E-state index in [9.17, 15) is 19.1 Å². The lowest BCUT2D eigenvalue weighted by Crippen LogP contribution is -2.43. The summed E-state index contributed by atoms with van der Waals surface area (Å²) in [7, 11) is 0. The first-order valence-electron chi connectivity index (χ1n) is 6.56. The molecule has 5 nitrogen and oxygen atoms in total. The standard InChI is InChI=1S/C14H15Cl3FNO4/c15-5-6-23-14(22)9-3-1-8(2-4-9)11(20)10(7-18)19-13(21)12(16)17/h1-4,10-12,20H,5-7H2,(H,19,21)/t10-,11-/m1/s1. The number of benzene rings is 1. The van der Waals surface area contributed by atoms with Crippen molar-refractivity contribution in [3.63, 3.8) is 0 Å². The summed E-state index contributed by atoms with van der Waals surface area (Å²) in [6, 6.07) is 4.47. The van der Waals surface area contributed by atoms with Crippen LogP contribution < -0.4 is 5.32 Å². The molecule has 1 aromatic rings. The minimum atomic E-state index is -1.37. The first-order valence-corrected chi connectivity index (χ1v) is 7.97. The first-order chi connectivity index (χ1) is 10.9. The summed E-state index contributed by atoms with van der Waals surface area (Å²) in [5.74, 6) is -1.19. The second-order valence-electron chi connectivity index (χ2n) is 4.46. The van der Waals surface area contributed by atoms with E-state index in [1.807, 2.05) is 0 Å². The van der Waals surface area contributed by atoms with Crippen LogP contribution in [0.1, 0.15) is 22.0 Å². The molecule has 0 bridgehead atoms. The van der Waals surface area contributed by atoms with Crippen LogP contribution in [0.15, 0.2) is 24.3 Å². The van der Waals surface area contributed by atoms with Gasteiger partial charge in [-0.25, -0.2) is 9.18 Å². The molecule has 9 heteroatoms. The van der Waals surface area contributed by atoms with Gasteiger partial charge >= 0.3 is 5.97 Å². The molecule has 0 saturated carbocycles. The van der Waals surface area contributed by atoms with Crippen LogP contribution in [-0.2, 0) is 9.53 Å². The second kappa shape index (κ2) is 9.93. The summed E-state index contributed by atoms with van der Waals surface area (Å²) in [5, 5.41) is 12.3. The molecule has 23 heavy (non-hydrogen) atoms. The Labute approximate surface area is 147 Å². The number of hydrogen-bond acceptors (Lipinski definition) is 4. The number of esters is 1. The van der Waals surface area contributed by atoms with Crippen molar-refractivity contribution in [3.8, 4) is 0 Å². The summed E-state index contributed by atoms with van der Waals surface area (Å²) in [5.41, 5.74) is 0.566. The van der Waals surface area contributed by atoms with E-state index in [1.54, 1.807) is 0 Å². The Hall–Kier alpha value is -1.08. The number of rotatable bonds is 8. The Bertz CT molecular complexity index is 527. The van der Waals surface area contributed by atoms with Crippen molar-refractivity contribution < 1.29 is 23.8 Å². The van der Waals surface area contributed by atoms with Gasteiger partial charge in [0, 0.05) is 0 Å². The lowest BCUT2D eigenvalue weighted by molar-refractivity contribution is -0.121. The maximum Gasteiger partial charge on any atom is 0.338 e. The zero-order chi connectivity index (χ0) is 17.4. The Morgan fingerprint density at radius 1 is 1.26 bits per heavy atom. The van der Waals surface area contributed by atoms with Crippen LogP contribution >= 0.6 is 34.8 Å². The normalized spacial score (nSPS) is 13.5. The highest BCUT2D eigenvalue weighted by Gasteiger charge is 2.25. The molecule has 128 valence electrons. The average molecular weight is 387 g/mol. The predicted octanol–water partition coefficient (Wildman–Crippen LogP) is 2.37. The summed E-state index contributed by atoms with van der Waals surface area (Å²) in [6.45, 7) is -0.939. The molecule has 1 amide bonds. The van der Waals surface area contributed by atoms with Crippen LogP contribution in [0.2, 0.25) is 0 Å². The van der Waals surface area contributed by atoms with Gasteiger partial charge in [-0.05, 0) is 17.7 Å². The summed E-state index contributed by atoms with van der Waals surface area (Å²) < 4.78 is 17.9. The largest absolute Gasteiger partial charge is 0.461 e. The highest BCUT2D eigenvalue weighted by atomic mass is 35.5. The molecule has 1 rings (SSSR count). The Morgan fingerprint density at radius 2 is 1.87 bits per heavy atom. The maximum atomic E-state index is 13.0. The van der Waals surface area contributed by atoms with Crippen molar-refractivity contribution in [1.29, 1.82) is 0 Å². The van der Waals surface area contributed by atoms with Crippen molar-refractivity contribution in [2.45, 2.75) is 17.0 Å². The molecule has 0 aliphatic rings. The molecule has 0 aliphatic carbocycles. The van der Waals surface area contributed by atoms with Gasteiger partial charge in [0.15, 0.2) is 4.84 Å². The van der Waals surface area contributed by atoms with Crippen LogP contribution in [-0.4, -0.2) is 47.0 Å². The van der Waals surface area contributed by atoms with Gasteiger partial charge in [-0.15, -0.1) is 11.6 Å². The lowest BCUT2D eigenvalue weighted by Gasteiger charge is -2.22. The van der Waals surface area contributed by atoms with Crippen molar-refractivity contribution in [2.24, 2.45) is 0 Å². The number of ether oxygens (including phenoxy) is 1. The predicted molar refractivity (Wildman–Crippen MR) is 85.8 cm³/mol. The third-order valence-electron chi connectivity index (χ3n) is 2.87. The van der Waals surface area contributed by atoms with E-state index >= 15 is 0 Å². The molecular weight excluding hydrogens is 372 g/mol. The number of alkyl halides is 4. The third kappa shape index (κ3) is 6.14. The quantitative estimate of drug-likeness (QED) is 0.531. The van der Waals surface area contributed by atoms with E-state index in [-0.39, 0.29) is 18.1 Å². The minimum Gasteiger partial charge on any atom is -0.461 e. The minimum absolute atomic E-state index is 0.0821. The Kier molecular flexibility index (Phi) is 8.62. The van der Waals surface area contributed by atoms with Gasteiger partial charge in [0.2, 0.25) is 0 Å². The SMILES string of the molecule is O=C(OCCCl)c1ccc([C@@H](O)[C@@H](CF)NC(=O)C(Cl)Cl)cc1. The Morgan fingerprint density at radius 3 is 2.35 bits per heavy atom. The van der Waals surface area contributed by atoms with Gasteiger partial charge in [0.05, 0.1) is 17.5 Å². The molecule has 0 saturated heterocycles. The number of nitrogens with one attached hydrogen (secondary N) is 1. The average Bonchev–Trinajstić information content (AvgIpc) is 2.56. The fourth-order valence-electron chi connectivity index (χ4n) is 1.71. The van der Waals surface area contributed by atoms with Crippen molar-refractivity contribution in [1.82, 2.24) is 5.32 Å². The van der Waals surface area contributed by atoms with Crippen LogP contribution in [0.25, 0.3) is 0 Å². The molecule has 1 aromatic carbocycles. The number of halogens is 4. The Balaban J connectivity index is 2.77. The number of amides is 1. The lowest BCUT2D eigenvalue weighted by atomic mass is 10.0. The number of hydrogen-bond donors (Lipinski definition) is 2. The molecule has 0 heterocycles. The molecule has 0 unspecified atom stereocenters. The number of aliphatic hydroxyl groups is 1. The molecular formula is C14H15Cl3FNO4. The summed E-state index contributed by atoms with van der Waals surface area (Å²) in [6.07, 6.45) is -1.33. The molecule has 0 aromatic heterocycles. The zero-order valence-electron chi connectivity index (χ0n) is 11.8. The highest BCUT2D eigenvalue weighted by molar-refractivity contribution is 6.53. The van der Waals surface area contributed by atoms with Gasteiger partial charge < -0.3 is 15.2 Å². The third-order valence-corrected chi connectivity index (χ3v) is 3.42. The first kappa shape index (κ1) is 20.0. The molecule has 0 spiro atoms. The summed E-state index contributed by atoms with van der Waals surface area (Å²) >= 11 is 16.1. The van der Waals surface area contributed by atoms with E-state index in [0.717, 1.165) is 0 Å². The van der Waals surface area contributed by atoms with Crippen molar-refractivity contribution >= 4 is 46.7 Å². The maximum absolute atomic E-state index is 13.0. The van der Waals surface area contributed by atoms with Crippen molar-refractivity contribution in [2.75, 3.05) is 19.2 Å². The summed E-state index contributed by atoms with van der Waals surface area (Å²) in [4.78, 5) is 21.6. The monoisotopic (exact) mass is 385 g/mol. The van der Waals surface area contributed by atoms with E-state index in [4.69, 9.17) is 39.5 Å². The second-order valence-corrected chi connectivity index (χ2v) is 5.94. The number of aliphatic hydroxyl groups excluding tert-OH is 1. The van der Waals surface area contributed by atoms with E-state index in [0.29, 0.717) is 5.56 Å². The van der Waals surface area contributed by atoms with Crippen molar-refractivity contribution in [3.05, 3.63) is 35.4 Å². The molecule has 0 aliphatic heterocycles. The highest BCUT2D eigenvalue weighted by Crippen LogP contribution is 2.19. The molecule has 0 fully saturated rings. The van der Waals surface area contributed by atoms with E-state index < -0.39 is 35.5 Å². The fraction of sp³-hybridized carbons (Fsp3) is 0.429. The smallest absolute Gasteiger partial charge is 0.338 e. The van der Waals surface area contributed by atoms with Crippen LogP contribution in [0, 0.1) is 0 Å². The van der Waals surface area contributed by atoms with Gasteiger partial charge in [0.25, 0.3) is 5.91 Å². The van der Waals surface area contributed by atoms with Crippen LogP contribution in [0.5, 0.6) is 0 Å². The van der Waals surface area contributed by atoms with Crippen LogP contribution in [0.4, 0.5) is 4.39 Å². The van der Waals surface area contributed by atoms with E-state index in [2.05, 4.69) is 5.32 Å². The molecule has 2 N–H and O–H groups in total. The van der Waals surface area contributed by atoms with Gasteiger partial charge in [-0.2, -0.15) is 0 Å². The van der Waals surface area contributed by atoms with Crippen LogP contribution in [0.3, 0.4) is 0 Å². The van der Waals surface area contributed by atoms with Gasteiger partial charge in [-0.1, -0.05) is 35.3 Å². The number of carbonyl (C=O) groups excluding carboxylic acids is 2. The molecule has 2 atom stereocenters. The van der Waals surface area contributed by atoms with Gasteiger partial charge in [-0.3, -0.25) is 4.79 Å². The van der Waals surface area contributed by atoms with E-state index in [1.165, 1.54) is 24.3 Å². The zero-order valence-corrected chi connectivity index (χ0v) is 14.1. The number of carbonyl (C=O) groups is 2. The molecule has 0 radical (unpaired) electrons.